The van der Waals surface area contributed by atoms with Gasteiger partial charge in [-0.3, -0.25) is 0 Å². The van der Waals surface area contributed by atoms with Crippen LogP contribution in [0.4, 0.5) is 4.39 Å². The second-order valence-electron chi connectivity index (χ2n) is 5.56. The lowest BCUT2D eigenvalue weighted by Crippen LogP contribution is -2.34. The molecule has 2 rings (SSSR count). The van der Waals surface area contributed by atoms with Gasteiger partial charge >= 0.3 is 0 Å². The van der Waals surface area contributed by atoms with Gasteiger partial charge in [0.1, 0.15) is 11.6 Å². The Morgan fingerprint density at radius 1 is 1.17 bits per heavy atom. The molecule has 0 aliphatic carbocycles. The van der Waals surface area contributed by atoms with Gasteiger partial charge in [-0.05, 0) is 56.1 Å². The number of nitrogens with one attached hydrogen (secondary N) is 1. The quantitative estimate of drug-likeness (QED) is 0.831. The van der Waals surface area contributed by atoms with Crippen molar-refractivity contribution in [3.8, 4) is 5.75 Å². The summed E-state index contributed by atoms with van der Waals surface area (Å²) in [4.78, 5) is 1.95. The largest absolute Gasteiger partial charge is 0.497 e. The molecule has 130 valence electrons. The fourth-order valence-electron chi connectivity index (χ4n) is 2.33. The van der Waals surface area contributed by atoms with E-state index in [1.807, 2.05) is 43.3 Å². The third-order valence-electron chi connectivity index (χ3n) is 3.69. The Hall–Kier alpha value is -1.96. The minimum absolute atomic E-state index is 0.0343. The molecule has 0 radical (unpaired) electrons. The lowest BCUT2D eigenvalue weighted by atomic mass is 10.1. The van der Waals surface area contributed by atoms with Gasteiger partial charge in [-0.25, -0.2) is 17.5 Å². The molecule has 24 heavy (non-hydrogen) atoms. The summed E-state index contributed by atoms with van der Waals surface area (Å²) >= 11 is 0. The van der Waals surface area contributed by atoms with Gasteiger partial charge < -0.3 is 9.64 Å². The number of hydrogen-bond acceptors (Lipinski definition) is 4. The Kier molecular flexibility index (Phi) is 5.93. The molecule has 1 atom stereocenters. The van der Waals surface area contributed by atoms with Crippen molar-refractivity contribution in [3.05, 3.63) is 59.9 Å². The molecular weight excluding hydrogens is 331 g/mol. The highest BCUT2D eigenvalue weighted by Crippen LogP contribution is 2.22. The molecular formula is C17H21FN2O3S. The third-order valence-corrected chi connectivity index (χ3v) is 5.13. The number of benzene rings is 2. The van der Waals surface area contributed by atoms with Crippen molar-refractivity contribution < 1.29 is 17.5 Å². The maximum Gasteiger partial charge on any atom is 0.240 e. The van der Waals surface area contributed by atoms with Crippen LogP contribution in [0.25, 0.3) is 0 Å². The summed E-state index contributed by atoms with van der Waals surface area (Å²) in [5.74, 6) is 0.234. The molecule has 0 aliphatic rings. The van der Waals surface area contributed by atoms with Gasteiger partial charge in [0.2, 0.25) is 10.0 Å². The van der Waals surface area contributed by atoms with E-state index in [1.54, 1.807) is 7.11 Å². The van der Waals surface area contributed by atoms with Gasteiger partial charge in [0, 0.05) is 12.6 Å². The minimum atomic E-state index is -3.70. The van der Waals surface area contributed by atoms with E-state index < -0.39 is 15.8 Å². The summed E-state index contributed by atoms with van der Waals surface area (Å²) in [5.41, 5.74) is 0.932. The van der Waals surface area contributed by atoms with Crippen LogP contribution in [-0.2, 0) is 10.0 Å². The topological polar surface area (TPSA) is 58.6 Å². The fourth-order valence-corrected chi connectivity index (χ4v) is 3.37. The molecule has 0 fully saturated rings. The number of rotatable bonds is 7. The first-order valence-electron chi connectivity index (χ1n) is 7.39. The molecule has 0 amide bonds. The monoisotopic (exact) mass is 352 g/mol. The van der Waals surface area contributed by atoms with Crippen molar-refractivity contribution in [2.45, 2.75) is 10.9 Å². The highest BCUT2D eigenvalue weighted by atomic mass is 32.2. The summed E-state index contributed by atoms with van der Waals surface area (Å²) < 4.78 is 45.4. The van der Waals surface area contributed by atoms with Crippen molar-refractivity contribution in [2.24, 2.45) is 0 Å². The molecule has 0 unspecified atom stereocenters. The van der Waals surface area contributed by atoms with Crippen molar-refractivity contribution in [1.29, 1.82) is 0 Å². The molecule has 0 saturated heterocycles. The molecule has 0 saturated carbocycles. The third kappa shape index (κ3) is 4.53. The average molecular weight is 352 g/mol. The zero-order valence-corrected chi connectivity index (χ0v) is 14.7. The molecule has 1 N–H and O–H groups in total. The van der Waals surface area contributed by atoms with Gasteiger partial charge in [0.25, 0.3) is 0 Å². The number of methoxy groups -OCH3 is 1. The summed E-state index contributed by atoms with van der Waals surface area (Å²) in [6.07, 6.45) is 0. The smallest absolute Gasteiger partial charge is 0.240 e. The maximum atomic E-state index is 13.0. The number of nitrogens with zero attached hydrogens (tertiary/aromatic N) is 1. The van der Waals surface area contributed by atoms with Crippen LogP contribution in [0, 0.1) is 5.82 Å². The molecule has 2 aromatic rings. The van der Waals surface area contributed by atoms with Crippen molar-refractivity contribution >= 4 is 10.0 Å². The minimum Gasteiger partial charge on any atom is -0.497 e. The number of halogens is 1. The number of sulfonamides is 1. The number of hydrogen-bond donors (Lipinski definition) is 1. The Bertz CT molecular complexity index is 777. The van der Waals surface area contributed by atoms with Crippen molar-refractivity contribution in [3.63, 3.8) is 0 Å². The molecule has 0 bridgehead atoms. The molecule has 2 aromatic carbocycles. The van der Waals surface area contributed by atoms with Gasteiger partial charge in [-0.1, -0.05) is 12.1 Å². The lowest BCUT2D eigenvalue weighted by Gasteiger charge is -2.25. The number of likely N-dealkylation sites (N-methyl/N-ethyl adjacent to an activating group) is 1. The Balaban J connectivity index is 2.17. The molecule has 0 aliphatic heterocycles. The Morgan fingerprint density at radius 3 is 2.42 bits per heavy atom. The van der Waals surface area contributed by atoms with Crippen LogP contribution in [-0.4, -0.2) is 41.1 Å². The van der Waals surface area contributed by atoms with Crippen LogP contribution in [0.2, 0.25) is 0 Å². The SMILES string of the molecule is COc1cccc([C@@H](CNS(=O)(=O)c2ccc(F)cc2)N(C)C)c1. The number of ether oxygens (including phenoxy) is 1. The predicted octanol–water partition coefficient (Wildman–Crippen LogP) is 2.42. The van der Waals surface area contributed by atoms with Crippen LogP contribution in [0.1, 0.15) is 11.6 Å². The fraction of sp³-hybridized carbons (Fsp3) is 0.294. The Labute approximate surface area is 142 Å². The molecule has 0 aromatic heterocycles. The van der Waals surface area contributed by atoms with Gasteiger partial charge in [0.15, 0.2) is 0 Å². The van der Waals surface area contributed by atoms with E-state index in [1.165, 1.54) is 12.1 Å². The van der Waals surface area contributed by atoms with E-state index in [0.717, 1.165) is 17.7 Å². The summed E-state index contributed by atoms with van der Waals surface area (Å²) in [5, 5.41) is 0. The second kappa shape index (κ2) is 7.74. The van der Waals surface area contributed by atoms with Gasteiger partial charge in [-0.2, -0.15) is 0 Å². The maximum absolute atomic E-state index is 13.0. The first kappa shape index (κ1) is 18.4. The van der Waals surface area contributed by atoms with Crippen LogP contribution >= 0.6 is 0 Å². The van der Waals surface area contributed by atoms with E-state index in [0.29, 0.717) is 5.75 Å². The molecule has 0 heterocycles. The summed E-state index contributed by atoms with van der Waals surface area (Å²) in [6, 6.07) is 12.0. The second-order valence-corrected chi connectivity index (χ2v) is 7.33. The van der Waals surface area contributed by atoms with Crippen molar-refractivity contribution in [2.75, 3.05) is 27.7 Å². The molecule has 5 nitrogen and oxygen atoms in total. The van der Waals surface area contributed by atoms with Crippen molar-refractivity contribution in [1.82, 2.24) is 9.62 Å². The van der Waals surface area contributed by atoms with Crippen LogP contribution < -0.4 is 9.46 Å². The van der Waals surface area contributed by atoms with Crippen LogP contribution in [0.5, 0.6) is 5.75 Å². The standard InChI is InChI=1S/C17H21FN2O3S/c1-20(2)17(13-5-4-6-15(11-13)23-3)12-19-24(21,22)16-9-7-14(18)8-10-16/h4-11,17,19H,12H2,1-3H3/t17-/m1/s1. The zero-order valence-electron chi connectivity index (χ0n) is 13.9. The van der Waals surface area contributed by atoms with E-state index in [-0.39, 0.29) is 17.5 Å². The van der Waals surface area contributed by atoms with E-state index >= 15 is 0 Å². The van der Waals surface area contributed by atoms with E-state index in [4.69, 9.17) is 4.74 Å². The Morgan fingerprint density at radius 2 is 1.83 bits per heavy atom. The normalized spacial score (nSPS) is 13.0. The van der Waals surface area contributed by atoms with Crippen LogP contribution in [0.15, 0.2) is 53.4 Å². The van der Waals surface area contributed by atoms with E-state index in [2.05, 4.69) is 4.72 Å². The highest BCUT2D eigenvalue weighted by molar-refractivity contribution is 7.89. The first-order chi connectivity index (χ1) is 11.3. The zero-order chi connectivity index (χ0) is 17.7. The molecule has 0 spiro atoms. The predicted molar refractivity (Wildman–Crippen MR) is 91.0 cm³/mol. The summed E-state index contributed by atoms with van der Waals surface area (Å²) in [7, 11) is 1.62. The summed E-state index contributed by atoms with van der Waals surface area (Å²) in [6.45, 7) is 0.180. The van der Waals surface area contributed by atoms with Crippen LogP contribution in [0.3, 0.4) is 0 Å². The highest BCUT2D eigenvalue weighted by Gasteiger charge is 2.20. The van der Waals surface area contributed by atoms with Gasteiger partial charge in [0.05, 0.1) is 12.0 Å². The first-order valence-corrected chi connectivity index (χ1v) is 8.87. The average Bonchev–Trinajstić information content (AvgIpc) is 2.55. The van der Waals surface area contributed by atoms with E-state index in [9.17, 15) is 12.8 Å². The van der Waals surface area contributed by atoms with Gasteiger partial charge in [-0.15, -0.1) is 0 Å². The molecule has 7 heteroatoms. The lowest BCUT2D eigenvalue weighted by molar-refractivity contribution is 0.298.